The maximum Gasteiger partial charge on any atom is 0.337 e. The normalized spacial score (nSPS) is 18.6. The number of rotatable bonds is 4. The zero-order valence-electron chi connectivity index (χ0n) is 11.3. The zero-order valence-corrected chi connectivity index (χ0v) is 11.3. The van der Waals surface area contributed by atoms with E-state index in [1.807, 2.05) is 6.92 Å². The van der Waals surface area contributed by atoms with Crippen LogP contribution in [0.25, 0.3) is 0 Å². The fraction of sp³-hybridized carbons (Fsp3) is 0.714. The van der Waals surface area contributed by atoms with Gasteiger partial charge < -0.3 is 9.47 Å². The Bertz CT molecular complexity index is 325. The number of hydrogen-bond acceptors (Lipinski definition) is 4. The Morgan fingerprint density at radius 2 is 1.72 bits per heavy atom. The van der Waals surface area contributed by atoms with Crippen LogP contribution in [0.15, 0.2) is 12.2 Å². The number of hydrogen-bond donors (Lipinski definition) is 0. The molecule has 4 nitrogen and oxygen atoms in total. The fourth-order valence-electron chi connectivity index (χ4n) is 2.12. The van der Waals surface area contributed by atoms with E-state index < -0.39 is 17.5 Å². The van der Waals surface area contributed by atoms with Gasteiger partial charge in [0.05, 0.1) is 5.57 Å². The van der Waals surface area contributed by atoms with Crippen molar-refractivity contribution in [2.45, 2.75) is 58.0 Å². The molecule has 1 saturated carbocycles. The molecule has 0 aliphatic heterocycles. The molecule has 0 unspecified atom stereocenters. The average Bonchev–Trinajstić information content (AvgIpc) is 2.50. The molecule has 1 rings (SSSR count). The van der Waals surface area contributed by atoms with Gasteiger partial charge in [-0.15, -0.1) is 0 Å². The van der Waals surface area contributed by atoms with Crippen LogP contribution in [-0.4, -0.2) is 24.1 Å². The van der Waals surface area contributed by atoms with E-state index in [2.05, 4.69) is 6.58 Å². The molecule has 0 heterocycles. The quantitative estimate of drug-likeness (QED) is 0.440. The number of ether oxygens (including phenoxy) is 2. The van der Waals surface area contributed by atoms with Crippen molar-refractivity contribution in [3.63, 3.8) is 0 Å². The Hall–Kier alpha value is -1.32. The molecule has 0 aromatic carbocycles. The van der Waals surface area contributed by atoms with Gasteiger partial charge in [0.15, 0.2) is 0 Å². The van der Waals surface area contributed by atoms with Gasteiger partial charge in [-0.2, -0.15) is 0 Å². The summed E-state index contributed by atoms with van der Waals surface area (Å²) < 4.78 is 10.3. The molecule has 0 aromatic rings. The SMILES string of the molecule is C=C(COC(C)=O)C(=O)OC1(C)CCCCCC1. The molecule has 0 radical (unpaired) electrons. The van der Waals surface area contributed by atoms with Crippen LogP contribution in [0.3, 0.4) is 0 Å². The first kappa shape index (κ1) is 14.7. The molecule has 4 heteroatoms. The van der Waals surface area contributed by atoms with Crippen LogP contribution in [-0.2, 0) is 19.1 Å². The van der Waals surface area contributed by atoms with E-state index in [1.165, 1.54) is 19.8 Å². The molecule has 0 saturated heterocycles. The van der Waals surface area contributed by atoms with Crippen LogP contribution >= 0.6 is 0 Å². The highest BCUT2D eigenvalue weighted by Crippen LogP contribution is 2.30. The van der Waals surface area contributed by atoms with Gasteiger partial charge in [0, 0.05) is 6.92 Å². The predicted molar refractivity (Wildman–Crippen MR) is 68.0 cm³/mol. The Morgan fingerprint density at radius 3 is 2.22 bits per heavy atom. The molecule has 0 amide bonds. The third kappa shape index (κ3) is 4.90. The minimum atomic E-state index is -0.458. The number of carbonyl (C=O) groups excluding carboxylic acids is 2. The van der Waals surface area contributed by atoms with Crippen molar-refractivity contribution in [1.82, 2.24) is 0 Å². The van der Waals surface area contributed by atoms with Gasteiger partial charge in [0.1, 0.15) is 12.2 Å². The van der Waals surface area contributed by atoms with E-state index in [0.717, 1.165) is 25.7 Å². The van der Waals surface area contributed by atoms with Gasteiger partial charge in [0.25, 0.3) is 0 Å². The van der Waals surface area contributed by atoms with Gasteiger partial charge in [-0.1, -0.05) is 19.4 Å². The minimum absolute atomic E-state index is 0.0930. The summed E-state index contributed by atoms with van der Waals surface area (Å²) in [6.45, 7) is 6.77. The van der Waals surface area contributed by atoms with Gasteiger partial charge in [-0.3, -0.25) is 4.79 Å². The number of esters is 2. The molecular formula is C14H22O4. The van der Waals surface area contributed by atoms with Crippen molar-refractivity contribution >= 4 is 11.9 Å². The number of carbonyl (C=O) groups is 2. The first-order valence-corrected chi connectivity index (χ1v) is 6.47. The molecule has 1 fully saturated rings. The maximum absolute atomic E-state index is 11.8. The van der Waals surface area contributed by atoms with Crippen molar-refractivity contribution in [2.24, 2.45) is 0 Å². The van der Waals surface area contributed by atoms with E-state index in [9.17, 15) is 9.59 Å². The van der Waals surface area contributed by atoms with Crippen LogP contribution in [0.4, 0.5) is 0 Å². The molecule has 0 N–H and O–H groups in total. The van der Waals surface area contributed by atoms with Gasteiger partial charge in [-0.25, -0.2) is 4.79 Å². The second-order valence-corrected chi connectivity index (χ2v) is 5.14. The summed E-state index contributed by atoms with van der Waals surface area (Å²) in [5, 5.41) is 0. The van der Waals surface area contributed by atoms with E-state index in [1.54, 1.807) is 0 Å². The lowest BCUT2D eigenvalue weighted by atomic mass is 9.97. The summed E-state index contributed by atoms with van der Waals surface area (Å²) in [6.07, 6.45) is 6.34. The monoisotopic (exact) mass is 254 g/mol. The van der Waals surface area contributed by atoms with Crippen molar-refractivity contribution in [2.75, 3.05) is 6.61 Å². The molecule has 0 spiro atoms. The highest BCUT2D eigenvalue weighted by molar-refractivity contribution is 5.88. The lowest BCUT2D eigenvalue weighted by molar-refractivity contribution is -0.155. The topological polar surface area (TPSA) is 52.6 Å². The van der Waals surface area contributed by atoms with E-state index >= 15 is 0 Å². The predicted octanol–water partition coefficient (Wildman–Crippen LogP) is 2.76. The maximum atomic E-state index is 11.8. The molecule has 0 aromatic heterocycles. The van der Waals surface area contributed by atoms with Crippen molar-refractivity contribution in [1.29, 1.82) is 0 Å². The van der Waals surface area contributed by atoms with Crippen molar-refractivity contribution < 1.29 is 19.1 Å². The lowest BCUT2D eigenvalue weighted by Crippen LogP contribution is -2.32. The van der Waals surface area contributed by atoms with Gasteiger partial charge in [0.2, 0.25) is 0 Å². The summed E-state index contributed by atoms with van der Waals surface area (Å²) in [6, 6.07) is 0. The zero-order chi connectivity index (χ0) is 13.6. The Balaban J connectivity index is 2.46. The highest BCUT2D eigenvalue weighted by atomic mass is 16.6. The van der Waals surface area contributed by atoms with E-state index in [0.29, 0.717) is 0 Å². The summed E-state index contributed by atoms with van der Waals surface area (Å²) in [5.41, 5.74) is -0.206. The first-order chi connectivity index (χ1) is 8.43. The molecule has 1 aliphatic rings. The van der Waals surface area contributed by atoms with Crippen LogP contribution in [0.2, 0.25) is 0 Å². The third-order valence-corrected chi connectivity index (χ3v) is 3.24. The van der Waals surface area contributed by atoms with Crippen molar-refractivity contribution in [3.8, 4) is 0 Å². The summed E-state index contributed by atoms with van der Waals surface area (Å²) in [5.74, 6) is -0.884. The summed E-state index contributed by atoms with van der Waals surface area (Å²) >= 11 is 0. The van der Waals surface area contributed by atoms with Crippen LogP contribution < -0.4 is 0 Å². The largest absolute Gasteiger partial charge is 0.461 e. The second-order valence-electron chi connectivity index (χ2n) is 5.14. The minimum Gasteiger partial charge on any atom is -0.461 e. The van der Waals surface area contributed by atoms with Crippen LogP contribution in [0.1, 0.15) is 52.4 Å². The van der Waals surface area contributed by atoms with E-state index in [4.69, 9.17) is 9.47 Å². The third-order valence-electron chi connectivity index (χ3n) is 3.24. The molecule has 0 atom stereocenters. The molecule has 0 bridgehead atoms. The first-order valence-electron chi connectivity index (χ1n) is 6.47. The molecule has 102 valence electrons. The molecule has 18 heavy (non-hydrogen) atoms. The van der Waals surface area contributed by atoms with Gasteiger partial charge >= 0.3 is 11.9 Å². The van der Waals surface area contributed by atoms with E-state index in [-0.39, 0.29) is 12.2 Å². The standard InChI is InChI=1S/C14H22O4/c1-11(10-17-12(2)15)13(16)18-14(3)8-6-4-5-7-9-14/h1,4-10H2,2-3H3. The second kappa shape index (κ2) is 6.57. The Morgan fingerprint density at radius 1 is 1.17 bits per heavy atom. The smallest absolute Gasteiger partial charge is 0.337 e. The summed E-state index contributed by atoms with van der Waals surface area (Å²) in [7, 11) is 0. The lowest BCUT2D eigenvalue weighted by Gasteiger charge is -2.28. The molecule has 1 aliphatic carbocycles. The average molecular weight is 254 g/mol. The van der Waals surface area contributed by atoms with Crippen LogP contribution in [0.5, 0.6) is 0 Å². The fourth-order valence-corrected chi connectivity index (χ4v) is 2.12. The van der Waals surface area contributed by atoms with Gasteiger partial charge in [-0.05, 0) is 32.6 Å². The Kier molecular flexibility index (Phi) is 5.38. The Labute approximate surface area is 108 Å². The highest BCUT2D eigenvalue weighted by Gasteiger charge is 2.30. The van der Waals surface area contributed by atoms with Crippen molar-refractivity contribution in [3.05, 3.63) is 12.2 Å². The van der Waals surface area contributed by atoms with Crippen LogP contribution in [0, 0.1) is 0 Å². The summed E-state index contributed by atoms with van der Waals surface area (Å²) in [4.78, 5) is 22.5. The molecular weight excluding hydrogens is 232 g/mol.